The van der Waals surface area contributed by atoms with Gasteiger partial charge in [0, 0.05) is 17.4 Å². The van der Waals surface area contributed by atoms with Crippen molar-refractivity contribution >= 4 is 6.29 Å². The second-order valence-electron chi connectivity index (χ2n) is 5.96. The normalized spacial score (nSPS) is 19.3. The number of fused-ring (bicyclic) bond motifs is 1. The summed E-state index contributed by atoms with van der Waals surface area (Å²) in [5.41, 5.74) is 1.72. The van der Waals surface area contributed by atoms with Gasteiger partial charge < -0.3 is 9.84 Å². The predicted molar refractivity (Wildman–Crippen MR) is 86.6 cm³/mol. The van der Waals surface area contributed by atoms with E-state index in [4.69, 9.17) is 18.7 Å². The van der Waals surface area contributed by atoms with Crippen LogP contribution in [0.2, 0.25) is 0 Å². The van der Waals surface area contributed by atoms with Gasteiger partial charge in [-0.15, -0.1) is 0 Å². The molecular formula is C19H22CrO6. The molecule has 1 aromatic carbocycles. The van der Waals surface area contributed by atoms with E-state index in [0.29, 0.717) is 23.1 Å². The number of hydrogen-bond donors (Lipinski definition) is 1. The zero-order valence-corrected chi connectivity index (χ0v) is 16.5. The third kappa shape index (κ3) is 6.96. The summed E-state index contributed by atoms with van der Waals surface area (Å²) in [5.74, 6) is 1.42. The van der Waals surface area contributed by atoms with Crippen LogP contribution < -0.4 is 4.74 Å². The van der Waals surface area contributed by atoms with Crippen molar-refractivity contribution in [2.75, 3.05) is 7.11 Å². The number of aliphatic hydroxyl groups is 1. The molecule has 0 amide bonds. The van der Waals surface area contributed by atoms with E-state index in [1.165, 1.54) is 0 Å². The Balaban J connectivity index is -0.000000686. The molecule has 0 saturated carbocycles. The van der Waals surface area contributed by atoms with Crippen molar-refractivity contribution in [1.29, 1.82) is 0 Å². The molecule has 0 radical (unpaired) electrons. The standard InChI is InChI=1S/C16H22O3.3CO.Cr/c1-10(2)12-5-6-16(3,18)14-8-15(19-4)11(9-17)7-13(12)14;3*1-2;/h7-10,12,18H,5-6H2,1-4H3;;;;/t12-,16+;;;;/m1..../s1. The quantitative estimate of drug-likeness (QED) is 0.480. The first-order chi connectivity index (χ1) is 11.9. The molecule has 0 saturated heterocycles. The van der Waals surface area contributed by atoms with E-state index in [-0.39, 0.29) is 17.4 Å². The number of rotatable bonds is 3. The fourth-order valence-electron chi connectivity index (χ4n) is 3.08. The number of aldehydes is 1. The van der Waals surface area contributed by atoms with Gasteiger partial charge in [-0.3, -0.25) is 4.79 Å². The van der Waals surface area contributed by atoms with Crippen LogP contribution in [-0.4, -0.2) is 18.5 Å². The molecule has 1 N–H and O–H groups in total. The van der Waals surface area contributed by atoms with Crippen LogP contribution in [0.25, 0.3) is 0 Å². The summed E-state index contributed by atoms with van der Waals surface area (Å²) in [7, 11) is 1.55. The van der Waals surface area contributed by atoms with Crippen molar-refractivity contribution < 1.29 is 46.0 Å². The Morgan fingerprint density at radius 1 is 1.23 bits per heavy atom. The van der Waals surface area contributed by atoms with Crippen LogP contribution in [0.4, 0.5) is 0 Å². The minimum Gasteiger partial charge on any atom is 0 e. The van der Waals surface area contributed by atoms with E-state index >= 15 is 0 Å². The van der Waals surface area contributed by atoms with E-state index in [1.807, 2.05) is 19.1 Å². The van der Waals surface area contributed by atoms with Gasteiger partial charge in [-0.05, 0) is 54.9 Å². The van der Waals surface area contributed by atoms with Crippen LogP contribution in [0.1, 0.15) is 61.0 Å². The third-order valence-electron chi connectivity index (χ3n) is 4.26. The SMILES string of the molecule is COc1cc2c(cc1C=O)[C@@H](C(C)C)CC[C@]2(C)O.[C-]#[O+].[C-]#[O+].[C-]#[O+].[Cr]. The first kappa shape index (κ1) is 29.2. The molecule has 26 heavy (non-hydrogen) atoms. The Hall–Kier alpha value is -1.60. The molecule has 1 aliphatic carbocycles. The van der Waals surface area contributed by atoms with Crippen LogP contribution in [0.3, 0.4) is 0 Å². The fourth-order valence-corrected chi connectivity index (χ4v) is 3.08. The molecule has 2 atom stereocenters. The van der Waals surface area contributed by atoms with Crippen LogP contribution in [-0.2, 0) is 36.9 Å². The first-order valence-corrected chi connectivity index (χ1v) is 7.42. The fraction of sp³-hybridized carbons (Fsp3) is 0.474. The minimum absolute atomic E-state index is 0. The summed E-state index contributed by atoms with van der Waals surface area (Å²) in [6, 6.07) is 3.72. The van der Waals surface area contributed by atoms with Gasteiger partial charge in [-0.1, -0.05) is 13.8 Å². The molecule has 1 aromatic rings. The zero-order chi connectivity index (χ0) is 20.2. The number of hydrogen-bond acceptors (Lipinski definition) is 3. The maximum Gasteiger partial charge on any atom is 0 e. The van der Waals surface area contributed by atoms with Crippen LogP contribution in [0.15, 0.2) is 12.1 Å². The average Bonchev–Trinajstić information content (AvgIpc) is 2.65. The number of methoxy groups -OCH3 is 1. The summed E-state index contributed by atoms with van der Waals surface area (Å²) in [6.07, 6.45) is 2.51. The summed E-state index contributed by atoms with van der Waals surface area (Å²) in [6.45, 7) is 19.7. The largest absolute Gasteiger partial charge is 0 e. The summed E-state index contributed by atoms with van der Waals surface area (Å²) < 4.78 is 27.7. The van der Waals surface area contributed by atoms with E-state index in [2.05, 4.69) is 33.8 Å². The Morgan fingerprint density at radius 2 is 1.73 bits per heavy atom. The second kappa shape index (κ2) is 14.6. The average molecular weight is 398 g/mol. The molecule has 0 fully saturated rings. The Morgan fingerprint density at radius 3 is 2.12 bits per heavy atom. The van der Waals surface area contributed by atoms with E-state index in [1.54, 1.807) is 7.11 Å². The maximum atomic E-state index is 11.2. The summed E-state index contributed by atoms with van der Waals surface area (Å²) in [4.78, 5) is 11.2. The molecule has 0 unspecified atom stereocenters. The molecule has 140 valence electrons. The Bertz CT molecular complexity index is 602. The van der Waals surface area contributed by atoms with Crippen molar-refractivity contribution in [3.8, 4) is 5.75 Å². The van der Waals surface area contributed by atoms with Gasteiger partial charge in [-0.25, -0.2) is 0 Å². The molecular weight excluding hydrogens is 376 g/mol. The van der Waals surface area contributed by atoms with Crippen molar-refractivity contribution in [1.82, 2.24) is 0 Å². The molecule has 0 heterocycles. The molecule has 1 aliphatic rings. The zero-order valence-electron chi connectivity index (χ0n) is 15.2. The van der Waals surface area contributed by atoms with Crippen molar-refractivity contribution in [3.63, 3.8) is 0 Å². The second-order valence-corrected chi connectivity index (χ2v) is 5.96. The van der Waals surface area contributed by atoms with Crippen molar-refractivity contribution in [2.24, 2.45) is 5.92 Å². The van der Waals surface area contributed by atoms with E-state index in [0.717, 1.165) is 30.3 Å². The Labute approximate surface area is 165 Å². The van der Waals surface area contributed by atoms with Gasteiger partial charge in [0.1, 0.15) is 5.75 Å². The van der Waals surface area contributed by atoms with E-state index in [9.17, 15) is 9.90 Å². The molecule has 2 rings (SSSR count). The van der Waals surface area contributed by atoms with Gasteiger partial charge in [0.25, 0.3) is 0 Å². The maximum absolute atomic E-state index is 11.2. The van der Waals surface area contributed by atoms with E-state index < -0.39 is 5.60 Å². The van der Waals surface area contributed by atoms with Gasteiger partial charge in [0.05, 0.1) is 18.3 Å². The Kier molecular flexibility index (Phi) is 16.3. The number of carbonyl (C=O) groups is 1. The third-order valence-corrected chi connectivity index (χ3v) is 4.26. The molecule has 7 heteroatoms. The predicted octanol–water partition coefficient (Wildman–Crippen LogP) is 3.13. The number of ether oxygens (including phenoxy) is 1. The molecule has 0 spiro atoms. The van der Waals surface area contributed by atoms with Crippen LogP contribution in [0, 0.1) is 25.9 Å². The summed E-state index contributed by atoms with van der Waals surface area (Å²) >= 11 is 0. The number of carbonyl (C=O) groups excluding carboxylic acids is 1. The van der Waals surface area contributed by atoms with Gasteiger partial charge in [-0.2, -0.15) is 0 Å². The topological polar surface area (TPSA) is 106 Å². The van der Waals surface area contributed by atoms with Crippen LogP contribution >= 0.6 is 0 Å². The van der Waals surface area contributed by atoms with Gasteiger partial charge in [0.15, 0.2) is 6.29 Å². The molecule has 0 aliphatic heterocycles. The smallest absolute Gasteiger partial charge is 0 e. The molecule has 6 nitrogen and oxygen atoms in total. The minimum atomic E-state index is -0.838. The van der Waals surface area contributed by atoms with Gasteiger partial charge in [0.2, 0.25) is 0 Å². The monoisotopic (exact) mass is 398 g/mol. The van der Waals surface area contributed by atoms with Crippen molar-refractivity contribution in [2.45, 2.75) is 45.1 Å². The van der Waals surface area contributed by atoms with Gasteiger partial charge >= 0.3 is 33.9 Å². The first-order valence-electron chi connectivity index (χ1n) is 7.42. The molecule has 0 aromatic heterocycles. The van der Waals surface area contributed by atoms with Crippen molar-refractivity contribution in [3.05, 3.63) is 48.8 Å². The summed E-state index contributed by atoms with van der Waals surface area (Å²) in [5, 5.41) is 10.6. The number of benzene rings is 1. The molecule has 0 bridgehead atoms. The van der Waals surface area contributed by atoms with Crippen LogP contribution in [0.5, 0.6) is 5.75 Å².